The van der Waals surface area contributed by atoms with Gasteiger partial charge in [-0.2, -0.15) is 0 Å². The van der Waals surface area contributed by atoms with Crippen molar-refractivity contribution < 1.29 is 0 Å². The number of anilines is 1. The van der Waals surface area contributed by atoms with Crippen molar-refractivity contribution in [2.24, 2.45) is 5.73 Å². The van der Waals surface area contributed by atoms with E-state index in [9.17, 15) is 0 Å². The molecule has 0 amide bonds. The molecule has 0 bridgehead atoms. The van der Waals surface area contributed by atoms with E-state index in [4.69, 9.17) is 15.7 Å². The summed E-state index contributed by atoms with van der Waals surface area (Å²) in [7, 11) is 0. The monoisotopic (exact) mass is 304 g/mol. The number of hydrogen-bond acceptors (Lipinski definition) is 4. The van der Waals surface area contributed by atoms with Crippen LogP contribution in [0.5, 0.6) is 0 Å². The minimum Gasteiger partial charge on any atom is -0.354 e. The van der Waals surface area contributed by atoms with E-state index < -0.39 is 0 Å². The van der Waals surface area contributed by atoms with Crippen molar-refractivity contribution in [3.05, 3.63) is 54.1 Å². The van der Waals surface area contributed by atoms with E-state index in [1.807, 2.05) is 18.2 Å². The Bertz CT molecular complexity index is 845. The Morgan fingerprint density at radius 1 is 1.09 bits per heavy atom. The van der Waals surface area contributed by atoms with Gasteiger partial charge in [-0.05, 0) is 31.0 Å². The summed E-state index contributed by atoms with van der Waals surface area (Å²) < 4.78 is 0. The van der Waals surface area contributed by atoms with Gasteiger partial charge in [0.2, 0.25) is 0 Å². The van der Waals surface area contributed by atoms with Crippen molar-refractivity contribution >= 4 is 16.7 Å². The molecule has 0 saturated carbocycles. The van der Waals surface area contributed by atoms with Gasteiger partial charge in [-0.1, -0.05) is 36.4 Å². The molecule has 2 N–H and O–H groups in total. The van der Waals surface area contributed by atoms with E-state index in [1.165, 1.54) is 5.56 Å². The topological polar surface area (TPSA) is 55.0 Å². The van der Waals surface area contributed by atoms with Gasteiger partial charge in [-0.3, -0.25) is 0 Å². The zero-order valence-corrected chi connectivity index (χ0v) is 13.2. The van der Waals surface area contributed by atoms with Crippen molar-refractivity contribution in [2.45, 2.75) is 19.4 Å². The van der Waals surface area contributed by atoms with E-state index in [0.717, 1.165) is 47.6 Å². The highest BCUT2D eigenvalue weighted by Crippen LogP contribution is 2.30. The van der Waals surface area contributed by atoms with Crippen molar-refractivity contribution in [2.75, 3.05) is 18.0 Å². The van der Waals surface area contributed by atoms with Crippen LogP contribution in [0.25, 0.3) is 22.3 Å². The first kappa shape index (κ1) is 14.2. The molecule has 0 radical (unpaired) electrons. The molecule has 0 aliphatic carbocycles. The standard InChI is InChI=1S/C19H20N4/c1-13-7-8-16-17(11-13)21-18(14-5-3-2-4-6-14)22-19(16)23-10-9-15(20)12-23/h2-8,11,15H,9-10,12,20H2,1H3/t15-/m1/s1. The van der Waals surface area contributed by atoms with Crippen LogP contribution in [0.4, 0.5) is 5.82 Å². The predicted molar refractivity (Wildman–Crippen MR) is 94.5 cm³/mol. The minimum atomic E-state index is 0.227. The lowest BCUT2D eigenvalue weighted by atomic mass is 10.1. The van der Waals surface area contributed by atoms with Gasteiger partial charge in [-0.25, -0.2) is 9.97 Å². The van der Waals surface area contributed by atoms with E-state index in [-0.39, 0.29) is 6.04 Å². The Morgan fingerprint density at radius 2 is 1.91 bits per heavy atom. The summed E-state index contributed by atoms with van der Waals surface area (Å²) >= 11 is 0. The molecule has 0 unspecified atom stereocenters. The van der Waals surface area contributed by atoms with Crippen LogP contribution in [0, 0.1) is 6.92 Å². The SMILES string of the molecule is Cc1ccc2c(N3CC[C@@H](N)C3)nc(-c3ccccc3)nc2c1. The number of hydrogen-bond donors (Lipinski definition) is 1. The average Bonchev–Trinajstić information content (AvgIpc) is 3.00. The lowest BCUT2D eigenvalue weighted by Gasteiger charge is -2.20. The predicted octanol–water partition coefficient (Wildman–Crippen LogP) is 3.14. The molecule has 2 aromatic carbocycles. The normalized spacial score (nSPS) is 17.8. The molecule has 1 aliphatic heterocycles. The number of aromatic nitrogens is 2. The highest BCUT2D eigenvalue weighted by Gasteiger charge is 2.23. The maximum absolute atomic E-state index is 6.09. The maximum atomic E-state index is 6.09. The summed E-state index contributed by atoms with van der Waals surface area (Å²) in [5, 5.41) is 1.10. The van der Waals surface area contributed by atoms with Crippen molar-refractivity contribution in [3.8, 4) is 11.4 Å². The molecule has 1 aromatic heterocycles. The molecule has 23 heavy (non-hydrogen) atoms. The molecular formula is C19H20N4. The second-order valence-electron chi connectivity index (χ2n) is 6.25. The smallest absolute Gasteiger partial charge is 0.162 e. The molecule has 4 rings (SSSR count). The minimum absolute atomic E-state index is 0.227. The van der Waals surface area contributed by atoms with Crippen LogP contribution in [-0.2, 0) is 0 Å². The zero-order valence-electron chi connectivity index (χ0n) is 13.2. The summed E-state index contributed by atoms with van der Waals surface area (Å²) in [5.41, 5.74) is 9.34. The van der Waals surface area contributed by atoms with Crippen molar-refractivity contribution in [1.82, 2.24) is 9.97 Å². The summed E-state index contributed by atoms with van der Waals surface area (Å²) in [5.74, 6) is 1.78. The number of nitrogens with two attached hydrogens (primary N) is 1. The van der Waals surface area contributed by atoms with Crippen molar-refractivity contribution in [1.29, 1.82) is 0 Å². The van der Waals surface area contributed by atoms with Crippen LogP contribution >= 0.6 is 0 Å². The number of rotatable bonds is 2. The lowest BCUT2D eigenvalue weighted by Crippen LogP contribution is -2.27. The number of benzene rings is 2. The lowest BCUT2D eigenvalue weighted by molar-refractivity contribution is 0.751. The van der Waals surface area contributed by atoms with Crippen LogP contribution in [0.1, 0.15) is 12.0 Å². The van der Waals surface area contributed by atoms with E-state index >= 15 is 0 Å². The van der Waals surface area contributed by atoms with E-state index in [0.29, 0.717) is 0 Å². The molecule has 1 aliphatic rings. The Labute approximate surface area is 136 Å². The number of aryl methyl sites for hydroxylation is 1. The quantitative estimate of drug-likeness (QED) is 0.790. The third kappa shape index (κ3) is 2.66. The Kier molecular flexibility index (Phi) is 3.46. The van der Waals surface area contributed by atoms with Gasteiger partial charge >= 0.3 is 0 Å². The number of nitrogens with zero attached hydrogens (tertiary/aromatic N) is 3. The fourth-order valence-electron chi connectivity index (χ4n) is 3.16. The molecule has 3 aromatic rings. The Balaban J connectivity index is 1.92. The van der Waals surface area contributed by atoms with Gasteiger partial charge in [0.15, 0.2) is 5.82 Å². The van der Waals surface area contributed by atoms with Crippen LogP contribution in [0.2, 0.25) is 0 Å². The highest BCUT2D eigenvalue weighted by molar-refractivity contribution is 5.91. The molecule has 0 spiro atoms. The molecule has 1 atom stereocenters. The largest absolute Gasteiger partial charge is 0.354 e. The van der Waals surface area contributed by atoms with Gasteiger partial charge in [0.25, 0.3) is 0 Å². The van der Waals surface area contributed by atoms with E-state index in [2.05, 4.69) is 42.2 Å². The molecule has 116 valence electrons. The zero-order chi connectivity index (χ0) is 15.8. The summed E-state index contributed by atoms with van der Waals surface area (Å²) in [4.78, 5) is 12.0. The van der Waals surface area contributed by atoms with E-state index in [1.54, 1.807) is 0 Å². The molecule has 1 fully saturated rings. The first-order valence-electron chi connectivity index (χ1n) is 8.05. The van der Waals surface area contributed by atoms with Crippen LogP contribution in [-0.4, -0.2) is 29.1 Å². The second-order valence-corrected chi connectivity index (χ2v) is 6.25. The molecule has 1 saturated heterocycles. The summed E-state index contributed by atoms with van der Waals surface area (Å²) in [6.45, 7) is 3.90. The molecule has 4 heteroatoms. The highest BCUT2D eigenvalue weighted by atomic mass is 15.2. The number of fused-ring (bicyclic) bond motifs is 1. The van der Waals surface area contributed by atoms with Gasteiger partial charge < -0.3 is 10.6 Å². The fraction of sp³-hybridized carbons (Fsp3) is 0.263. The first-order chi connectivity index (χ1) is 11.2. The van der Waals surface area contributed by atoms with Crippen LogP contribution in [0.3, 0.4) is 0 Å². The third-order valence-electron chi connectivity index (χ3n) is 4.39. The summed E-state index contributed by atoms with van der Waals surface area (Å²) in [6, 6.07) is 16.7. The molecular weight excluding hydrogens is 284 g/mol. The average molecular weight is 304 g/mol. The Hall–Kier alpha value is -2.46. The van der Waals surface area contributed by atoms with Crippen LogP contribution < -0.4 is 10.6 Å². The van der Waals surface area contributed by atoms with Crippen LogP contribution in [0.15, 0.2) is 48.5 Å². The second kappa shape index (κ2) is 5.63. The molecule has 4 nitrogen and oxygen atoms in total. The fourth-order valence-corrected chi connectivity index (χ4v) is 3.16. The Morgan fingerprint density at radius 3 is 2.65 bits per heavy atom. The van der Waals surface area contributed by atoms with Gasteiger partial charge in [0, 0.05) is 30.1 Å². The van der Waals surface area contributed by atoms with Gasteiger partial charge in [0.1, 0.15) is 5.82 Å². The van der Waals surface area contributed by atoms with Crippen molar-refractivity contribution in [3.63, 3.8) is 0 Å². The van der Waals surface area contributed by atoms with Gasteiger partial charge in [-0.15, -0.1) is 0 Å². The maximum Gasteiger partial charge on any atom is 0.162 e. The summed E-state index contributed by atoms with van der Waals surface area (Å²) in [6.07, 6.45) is 1.01. The first-order valence-corrected chi connectivity index (χ1v) is 8.05. The third-order valence-corrected chi connectivity index (χ3v) is 4.39. The van der Waals surface area contributed by atoms with Gasteiger partial charge in [0.05, 0.1) is 5.52 Å². The molecule has 2 heterocycles.